The summed E-state index contributed by atoms with van der Waals surface area (Å²) in [6, 6.07) is 0. The third-order valence-corrected chi connectivity index (χ3v) is 2.27. The molecule has 1 aliphatic rings. The fourth-order valence-electron chi connectivity index (χ4n) is 1.51. The van der Waals surface area contributed by atoms with Crippen LogP contribution in [0.4, 0.5) is 0 Å². The molecule has 0 N–H and O–H groups in total. The number of hydrogen-bond donors (Lipinski definition) is 0. The van der Waals surface area contributed by atoms with E-state index in [9.17, 15) is 14.7 Å². The van der Waals surface area contributed by atoms with Crippen LogP contribution in [0, 0.1) is 5.92 Å². The van der Waals surface area contributed by atoms with Gasteiger partial charge in [0.2, 0.25) is 5.91 Å². The average molecular weight is 184 g/mol. The molecule has 0 aromatic heterocycles. The standard InChI is InChI=1S/C9H15NO3/c1-9(2,3)10-5-6(8(12)13)4-7(10)11/h6H,4-5H2,1-3H3,(H,12,13)/p-1/t6-/m0/s1. The van der Waals surface area contributed by atoms with Crippen molar-refractivity contribution in [2.24, 2.45) is 5.92 Å². The number of nitrogens with zero attached hydrogens (tertiary/aromatic N) is 1. The summed E-state index contributed by atoms with van der Waals surface area (Å²) in [6.45, 7) is 5.96. The zero-order chi connectivity index (χ0) is 10.2. The van der Waals surface area contributed by atoms with Gasteiger partial charge in [-0.25, -0.2) is 0 Å². The van der Waals surface area contributed by atoms with Crippen LogP contribution in [0.25, 0.3) is 0 Å². The number of rotatable bonds is 1. The Kier molecular flexibility index (Phi) is 2.32. The second-order valence-electron chi connectivity index (χ2n) is 4.40. The minimum absolute atomic E-state index is 0.0829. The quantitative estimate of drug-likeness (QED) is 0.546. The monoisotopic (exact) mass is 184 g/mol. The Morgan fingerprint density at radius 2 is 2.08 bits per heavy atom. The molecule has 0 bridgehead atoms. The lowest BCUT2D eigenvalue weighted by molar-refractivity contribution is -0.311. The summed E-state index contributed by atoms with van der Waals surface area (Å²) in [6.07, 6.45) is 0.0829. The average Bonchev–Trinajstić information content (AvgIpc) is 2.29. The van der Waals surface area contributed by atoms with Gasteiger partial charge in [0.1, 0.15) is 0 Å². The summed E-state index contributed by atoms with van der Waals surface area (Å²) >= 11 is 0. The Morgan fingerprint density at radius 1 is 1.54 bits per heavy atom. The molecule has 0 radical (unpaired) electrons. The molecule has 1 rings (SSSR count). The number of likely N-dealkylation sites (tertiary alicyclic amines) is 1. The van der Waals surface area contributed by atoms with Gasteiger partial charge in [-0.2, -0.15) is 0 Å². The SMILES string of the molecule is CC(C)(C)N1C[C@@H](C(=O)[O-])CC1=O. The molecule has 4 heteroatoms. The van der Waals surface area contributed by atoms with Gasteiger partial charge in [0, 0.05) is 30.4 Å². The molecule has 0 aromatic carbocycles. The highest BCUT2D eigenvalue weighted by Gasteiger charge is 2.36. The predicted octanol–water partition coefficient (Wildman–Crippen LogP) is -0.617. The van der Waals surface area contributed by atoms with Crippen LogP contribution in [-0.4, -0.2) is 28.9 Å². The second kappa shape index (κ2) is 3.01. The van der Waals surface area contributed by atoms with E-state index in [0.717, 1.165) is 0 Å². The Balaban J connectivity index is 2.73. The van der Waals surface area contributed by atoms with Gasteiger partial charge < -0.3 is 14.8 Å². The lowest BCUT2D eigenvalue weighted by Gasteiger charge is -2.32. The van der Waals surface area contributed by atoms with Crippen LogP contribution in [0.5, 0.6) is 0 Å². The highest BCUT2D eigenvalue weighted by atomic mass is 16.4. The summed E-state index contributed by atoms with van der Waals surface area (Å²) in [5.74, 6) is -1.85. The number of carbonyl (C=O) groups is 2. The van der Waals surface area contributed by atoms with E-state index in [1.165, 1.54) is 0 Å². The highest BCUT2D eigenvalue weighted by Crippen LogP contribution is 2.25. The summed E-state index contributed by atoms with van der Waals surface area (Å²) in [5.41, 5.74) is -0.290. The van der Waals surface area contributed by atoms with Gasteiger partial charge in [0.25, 0.3) is 0 Å². The summed E-state index contributed by atoms with van der Waals surface area (Å²) in [7, 11) is 0. The molecule has 0 aliphatic carbocycles. The van der Waals surface area contributed by atoms with E-state index in [2.05, 4.69) is 0 Å². The molecular formula is C9H14NO3-. The van der Waals surface area contributed by atoms with Crippen LogP contribution >= 0.6 is 0 Å². The molecule has 1 saturated heterocycles. The van der Waals surface area contributed by atoms with Crippen LogP contribution in [0.1, 0.15) is 27.2 Å². The van der Waals surface area contributed by atoms with E-state index in [1.54, 1.807) is 4.90 Å². The molecule has 0 spiro atoms. The molecule has 4 nitrogen and oxygen atoms in total. The van der Waals surface area contributed by atoms with Gasteiger partial charge in [-0.3, -0.25) is 4.79 Å². The van der Waals surface area contributed by atoms with E-state index >= 15 is 0 Å². The molecule has 1 heterocycles. The predicted molar refractivity (Wildman–Crippen MR) is 44.6 cm³/mol. The number of carbonyl (C=O) groups excluding carboxylic acids is 2. The molecule has 13 heavy (non-hydrogen) atoms. The lowest BCUT2D eigenvalue weighted by atomic mass is 10.1. The second-order valence-corrected chi connectivity index (χ2v) is 4.40. The molecule has 0 aromatic rings. The molecule has 74 valence electrons. The molecule has 1 atom stereocenters. The van der Waals surface area contributed by atoms with Crippen molar-refractivity contribution in [1.82, 2.24) is 4.90 Å². The Hall–Kier alpha value is -1.06. The fourth-order valence-corrected chi connectivity index (χ4v) is 1.51. The summed E-state index contributed by atoms with van der Waals surface area (Å²) < 4.78 is 0. The van der Waals surface area contributed by atoms with Crippen molar-refractivity contribution in [3.05, 3.63) is 0 Å². The van der Waals surface area contributed by atoms with Crippen molar-refractivity contribution in [1.29, 1.82) is 0 Å². The third kappa shape index (κ3) is 1.99. The van der Waals surface area contributed by atoms with E-state index < -0.39 is 11.9 Å². The van der Waals surface area contributed by atoms with Crippen molar-refractivity contribution in [2.45, 2.75) is 32.7 Å². The van der Waals surface area contributed by atoms with Gasteiger partial charge in [-0.1, -0.05) is 0 Å². The van der Waals surface area contributed by atoms with E-state index in [-0.39, 0.29) is 24.4 Å². The van der Waals surface area contributed by atoms with Gasteiger partial charge in [-0.15, -0.1) is 0 Å². The van der Waals surface area contributed by atoms with E-state index in [1.807, 2.05) is 20.8 Å². The molecular weight excluding hydrogens is 170 g/mol. The maximum absolute atomic E-state index is 11.4. The zero-order valence-electron chi connectivity index (χ0n) is 8.16. The molecule has 1 fully saturated rings. The first kappa shape index (κ1) is 10.0. The third-order valence-electron chi connectivity index (χ3n) is 2.27. The van der Waals surface area contributed by atoms with E-state index in [4.69, 9.17) is 0 Å². The maximum Gasteiger partial charge on any atom is 0.223 e. The minimum atomic E-state index is -1.12. The van der Waals surface area contributed by atoms with Crippen molar-refractivity contribution >= 4 is 11.9 Å². The Bertz CT molecular complexity index is 242. The van der Waals surface area contributed by atoms with Crippen LogP contribution in [0.3, 0.4) is 0 Å². The van der Waals surface area contributed by atoms with Crippen molar-refractivity contribution in [2.75, 3.05) is 6.54 Å². The number of hydrogen-bond acceptors (Lipinski definition) is 3. The van der Waals surface area contributed by atoms with Gasteiger partial charge >= 0.3 is 0 Å². The Labute approximate surface area is 77.5 Å². The first-order valence-corrected chi connectivity index (χ1v) is 4.33. The van der Waals surface area contributed by atoms with Crippen LogP contribution in [0.2, 0.25) is 0 Å². The molecule has 0 unspecified atom stereocenters. The fraction of sp³-hybridized carbons (Fsp3) is 0.778. The normalized spacial score (nSPS) is 23.8. The first-order chi connectivity index (χ1) is 5.82. The molecule has 1 amide bonds. The number of aliphatic carboxylic acids is 1. The van der Waals surface area contributed by atoms with Crippen LogP contribution in [-0.2, 0) is 9.59 Å². The van der Waals surface area contributed by atoms with Crippen molar-refractivity contribution in [3.63, 3.8) is 0 Å². The minimum Gasteiger partial charge on any atom is -0.550 e. The molecule has 0 saturated carbocycles. The van der Waals surface area contributed by atoms with E-state index in [0.29, 0.717) is 0 Å². The maximum atomic E-state index is 11.4. The highest BCUT2D eigenvalue weighted by molar-refractivity contribution is 5.85. The van der Waals surface area contributed by atoms with Gasteiger partial charge in [-0.05, 0) is 20.8 Å². The zero-order valence-corrected chi connectivity index (χ0v) is 8.16. The number of carboxylic acid groups (broad SMARTS) is 1. The van der Waals surface area contributed by atoms with Crippen LogP contribution in [0.15, 0.2) is 0 Å². The van der Waals surface area contributed by atoms with Crippen molar-refractivity contribution in [3.8, 4) is 0 Å². The summed E-state index contributed by atoms with van der Waals surface area (Å²) in [4.78, 5) is 23.5. The smallest absolute Gasteiger partial charge is 0.223 e. The first-order valence-electron chi connectivity index (χ1n) is 4.33. The number of carboxylic acids is 1. The van der Waals surface area contributed by atoms with Crippen molar-refractivity contribution < 1.29 is 14.7 Å². The largest absolute Gasteiger partial charge is 0.550 e. The Morgan fingerprint density at radius 3 is 2.31 bits per heavy atom. The van der Waals surface area contributed by atoms with Gasteiger partial charge in [0.05, 0.1) is 0 Å². The van der Waals surface area contributed by atoms with Gasteiger partial charge in [0.15, 0.2) is 0 Å². The molecule has 1 aliphatic heterocycles. The van der Waals surface area contributed by atoms with Crippen LogP contribution < -0.4 is 5.11 Å². The lowest BCUT2D eigenvalue weighted by Crippen LogP contribution is -2.43. The summed E-state index contributed by atoms with van der Waals surface area (Å²) in [5, 5.41) is 10.5. The topological polar surface area (TPSA) is 60.4 Å². The number of amides is 1.